The third-order valence-corrected chi connectivity index (χ3v) is 3.29. The van der Waals surface area contributed by atoms with Gasteiger partial charge in [-0.1, -0.05) is 30.3 Å². The van der Waals surface area contributed by atoms with Gasteiger partial charge in [-0.2, -0.15) is 0 Å². The Kier molecular flexibility index (Phi) is 5.37. The molecular weight excluding hydrogens is 303 g/mol. The Morgan fingerprint density at radius 2 is 1.96 bits per heavy atom. The average molecular weight is 318 g/mol. The number of nitro groups is 1. The van der Waals surface area contributed by atoms with Gasteiger partial charge in [-0.25, -0.2) is 4.39 Å². The first-order valence-corrected chi connectivity index (χ1v) is 6.94. The molecule has 0 aliphatic rings. The minimum absolute atomic E-state index is 0.128. The molecule has 2 rings (SSSR count). The summed E-state index contributed by atoms with van der Waals surface area (Å²) in [5, 5.41) is 23.3. The number of rotatable bonds is 6. The lowest BCUT2D eigenvalue weighted by molar-refractivity contribution is -0.385. The molecule has 2 aromatic rings. The van der Waals surface area contributed by atoms with Crippen molar-refractivity contribution in [3.63, 3.8) is 0 Å². The number of carbonyl (C=O) groups excluding carboxylic acids is 1. The van der Waals surface area contributed by atoms with E-state index in [1.54, 1.807) is 24.3 Å². The lowest BCUT2D eigenvalue weighted by Gasteiger charge is -2.11. The van der Waals surface area contributed by atoms with Gasteiger partial charge in [-0.3, -0.25) is 14.9 Å². The lowest BCUT2D eigenvalue weighted by atomic mass is 10.1. The molecule has 23 heavy (non-hydrogen) atoms. The van der Waals surface area contributed by atoms with E-state index in [2.05, 4.69) is 5.32 Å². The van der Waals surface area contributed by atoms with Crippen molar-refractivity contribution < 1.29 is 19.2 Å². The first-order chi connectivity index (χ1) is 11.0. The van der Waals surface area contributed by atoms with Crippen molar-refractivity contribution in [3.8, 4) is 0 Å². The molecule has 0 saturated carbocycles. The molecule has 7 heteroatoms. The summed E-state index contributed by atoms with van der Waals surface area (Å²) in [6, 6.07) is 11.7. The maximum absolute atomic E-state index is 13.0. The summed E-state index contributed by atoms with van der Waals surface area (Å²) < 4.78 is 13.0. The predicted octanol–water partition coefficient (Wildman–Crippen LogP) is 2.59. The fourth-order valence-electron chi connectivity index (χ4n) is 2.11. The van der Waals surface area contributed by atoms with Gasteiger partial charge >= 0.3 is 0 Å². The molecule has 0 bridgehead atoms. The summed E-state index contributed by atoms with van der Waals surface area (Å²) in [6.07, 6.45) is -0.496. The SMILES string of the molecule is O=C(NCCC(O)c1ccccc1)c1ccc(F)cc1[N+](=O)[O-]. The molecule has 2 aromatic carbocycles. The molecule has 6 nitrogen and oxygen atoms in total. The van der Waals surface area contributed by atoms with Crippen LogP contribution in [0.25, 0.3) is 0 Å². The van der Waals surface area contributed by atoms with Gasteiger partial charge in [0.25, 0.3) is 11.6 Å². The number of aliphatic hydroxyl groups is 1. The maximum atomic E-state index is 13.0. The standard InChI is InChI=1S/C16H15FN2O4/c17-12-6-7-13(14(10-12)19(22)23)16(21)18-9-8-15(20)11-4-2-1-3-5-11/h1-7,10,15,20H,8-9H2,(H,18,21). The van der Waals surface area contributed by atoms with Crippen molar-refractivity contribution in [1.82, 2.24) is 5.32 Å². The summed E-state index contributed by atoms with van der Waals surface area (Å²) in [4.78, 5) is 22.0. The second-order valence-corrected chi connectivity index (χ2v) is 4.89. The van der Waals surface area contributed by atoms with Crippen molar-refractivity contribution in [3.05, 3.63) is 75.6 Å². The molecule has 0 fully saturated rings. The highest BCUT2D eigenvalue weighted by Crippen LogP contribution is 2.20. The van der Waals surface area contributed by atoms with Gasteiger partial charge in [0, 0.05) is 6.54 Å². The number of aliphatic hydroxyl groups excluding tert-OH is 1. The first kappa shape index (κ1) is 16.6. The molecule has 2 N–H and O–H groups in total. The molecule has 0 saturated heterocycles. The van der Waals surface area contributed by atoms with Crippen LogP contribution in [0.15, 0.2) is 48.5 Å². The number of nitrogens with zero attached hydrogens (tertiary/aromatic N) is 1. The second-order valence-electron chi connectivity index (χ2n) is 4.89. The molecule has 0 aliphatic carbocycles. The van der Waals surface area contributed by atoms with E-state index >= 15 is 0 Å². The first-order valence-electron chi connectivity index (χ1n) is 6.94. The molecule has 0 heterocycles. The Balaban J connectivity index is 1.97. The van der Waals surface area contributed by atoms with Crippen LogP contribution >= 0.6 is 0 Å². The Bertz CT molecular complexity index is 706. The third-order valence-electron chi connectivity index (χ3n) is 3.29. The highest BCUT2D eigenvalue weighted by Gasteiger charge is 2.20. The zero-order valence-electron chi connectivity index (χ0n) is 12.1. The fraction of sp³-hybridized carbons (Fsp3) is 0.188. The van der Waals surface area contributed by atoms with E-state index in [0.717, 1.165) is 17.7 Å². The summed E-state index contributed by atoms with van der Waals surface area (Å²) in [5.41, 5.74) is -0.0915. The topological polar surface area (TPSA) is 92.5 Å². The predicted molar refractivity (Wildman–Crippen MR) is 81.4 cm³/mol. The van der Waals surface area contributed by atoms with Crippen LogP contribution < -0.4 is 5.32 Å². The monoisotopic (exact) mass is 318 g/mol. The largest absolute Gasteiger partial charge is 0.388 e. The number of benzene rings is 2. The Morgan fingerprint density at radius 1 is 1.26 bits per heavy atom. The van der Waals surface area contributed by atoms with Crippen LogP contribution in [-0.2, 0) is 0 Å². The van der Waals surface area contributed by atoms with Crippen molar-refractivity contribution in [2.24, 2.45) is 0 Å². The number of amides is 1. The van der Waals surface area contributed by atoms with Gasteiger partial charge < -0.3 is 10.4 Å². The number of hydrogen-bond acceptors (Lipinski definition) is 4. The van der Waals surface area contributed by atoms with Crippen molar-refractivity contribution in [2.45, 2.75) is 12.5 Å². The second kappa shape index (κ2) is 7.46. The Hall–Kier alpha value is -2.80. The van der Waals surface area contributed by atoms with Crippen molar-refractivity contribution in [2.75, 3.05) is 6.54 Å². The highest BCUT2D eigenvalue weighted by molar-refractivity contribution is 5.98. The maximum Gasteiger partial charge on any atom is 0.285 e. The molecule has 1 unspecified atom stereocenters. The normalized spacial score (nSPS) is 11.7. The minimum atomic E-state index is -0.809. The van der Waals surface area contributed by atoms with E-state index in [1.807, 2.05) is 6.07 Å². The summed E-state index contributed by atoms with van der Waals surface area (Å²) in [6.45, 7) is 0.128. The van der Waals surface area contributed by atoms with E-state index in [-0.39, 0.29) is 18.5 Å². The molecular formula is C16H15FN2O4. The van der Waals surface area contributed by atoms with Gasteiger partial charge in [-0.05, 0) is 24.1 Å². The van der Waals surface area contributed by atoms with E-state index in [1.165, 1.54) is 0 Å². The lowest BCUT2D eigenvalue weighted by Crippen LogP contribution is -2.26. The zero-order valence-corrected chi connectivity index (χ0v) is 12.1. The number of halogens is 1. The molecule has 0 radical (unpaired) electrons. The summed E-state index contributed by atoms with van der Waals surface area (Å²) in [5.74, 6) is -1.47. The van der Waals surface area contributed by atoms with Gasteiger partial charge in [0.2, 0.25) is 0 Å². The number of carbonyl (C=O) groups is 1. The van der Waals surface area contributed by atoms with E-state index in [4.69, 9.17) is 0 Å². The van der Waals surface area contributed by atoms with Crippen molar-refractivity contribution >= 4 is 11.6 Å². The van der Waals surface area contributed by atoms with Crippen LogP contribution in [0.1, 0.15) is 28.4 Å². The van der Waals surface area contributed by atoms with Gasteiger partial charge in [-0.15, -0.1) is 0 Å². The molecule has 120 valence electrons. The van der Waals surface area contributed by atoms with Crippen LogP contribution in [0.2, 0.25) is 0 Å². The summed E-state index contributed by atoms with van der Waals surface area (Å²) >= 11 is 0. The van der Waals surface area contributed by atoms with E-state index < -0.39 is 28.4 Å². The van der Waals surface area contributed by atoms with Crippen LogP contribution in [0.4, 0.5) is 10.1 Å². The van der Waals surface area contributed by atoms with Gasteiger partial charge in [0.15, 0.2) is 0 Å². The molecule has 1 atom stereocenters. The molecule has 1 amide bonds. The van der Waals surface area contributed by atoms with Gasteiger partial charge in [0.1, 0.15) is 11.4 Å². The zero-order chi connectivity index (χ0) is 16.8. The highest BCUT2D eigenvalue weighted by atomic mass is 19.1. The third kappa shape index (κ3) is 4.33. The summed E-state index contributed by atoms with van der Waals surface area (Å²) in [7, 11) is 0. The van der Waals surface area contributed by atoms with E-state index in [9.17, 15) is 24.4 Å². The van der Waals surface area contributed by atoms with Gasteiger partial charge in [0.05, 0.1) is 17.1 Å². The van der Waals surface area contributed by atoms with Crippen LogP contribution in [-0.4, -0.2) is 22.5 Å². The van der Waals surface area contributed by atoms with E-state index in [0.29, 0.717) is 6.07 Å². The smallest absolute Gasteiger partial charge is 0.285 e. The molecule has 0 spiro atoms. The molecule has 0 aliphatic heterocycles. The van der Waals surface area contributed by atoms with Crippen LogP contribution in [0.3, 0.4) is 0 Å². The quantitative estimate of drug-likeness (QED) is 0.632. The Morgan fingerprint density at radius 3 is 2.61 bits per heavy atom. The Labute approximate surface area is 131 Å². The number of nitrogens with one attached hydrogen (secondary N) is 1. The number of hydrogen-bond donors (Lipinski definition) is 2. The molecule has 0 aromatic heterocycles. The minimum Gasteiger partial charge on any atom is -0.388 e. The van der Waals surface area contributed by atoms with Crippen LogP contribution in [0.5, 0.6) is 0 Å². The number of nitro benzene ring substituents is 1. The van der Waals surface area contributed by atoms with Crippen molar-refractivity contribution in [1.29, 1.82) is 0 Å². The van der Waals surface area contributed by atoms with Crippen LogP contribution in [0, 0.1) is 15.9 Å². The fourth-order valence-corrected chi connectivity index (χ4v) is 2.11. The average Bonchev–Trinajstić information content (AvgIpc) is 2.55.